The lowest BCUT2D eigenvalue weighted by atomic mass is 9.80. The highest BCUT2D eigenvalue weighted by Crippen LogP contribution is 2.29. The first kappa shape index (κ1) is 10.0. The fourth-order valence-electron chi connectivity index (χ4n) is 1.84. The standard InChI is InChI=1S/C10H22N2/c1-3-6-12-7-4-10(2,9-11)5-8-12/h3-9,11H2,1-2H3. The summed E-state index contributed by atoms with van der Waals surface area (Å²) in [4.78, 5) is 2.55. The summed E-state index contributed by atoms with van der Waals surface area (Å²) < 4.78 is 0. The molecule has 0 radical (unpaired) electrons. The van der Waals surface area contributed by atoms with Gasteiger partial charge in [-0.2, -0.15) is 0 Å². The van der Waals surface area contributed by atoms with E-state index in [4.69, 9.17) is 5.73 Å². The van der Waals surface area contributed by atoms with E-state index in [2.05, 4.69) is 18.7 Å². The molecule has 72 valence electrons. The Morgan fingerprint density at radius 2 is 1.92 bits per heavy atom. The SMILES string of the molecule is CCCN1CCC(C)(CN)CC1. The molecule has 1 saturated heterocycles. The summed E-state index contributed by atoms with van der Waals surface area (Å²) >= 11 is 0. The van der Waals surface area contributed by atoms with Crippen LogP contribution in [0, 0.1) is 5.41 Å². The summed E-state index contributed by atoms with van der Waals surface area (Å²) in [6.45, 7) is 9.18. The molecule has 0 atom stereocenters. The molecule has 2 heteroatoms. The Balaban J connectivity index is 2.29. The molecule has 0 amide bonds. The van der Waals surface area contributed by atoms with Crippen LogP contribution in [0.1, 0.15) is 33.1 Å². The Morgan fingerprint density at radius 1 is 1.33 bits per heavy atom. The van der Waals surface area contributed by atoms with Gasteiger partial charge in [0.25, 0.3) is 0 Å². The molecule has 0 aliphatic carbocycles. The maximum absolute atomic E-state index is 5.74. The first-order chi connectivity index (χ1) is 5.70. The van der Waals surface area contributed by atoms with Crippen molar-refractivity contribution in [1.82, 2.24) is 4.90 Å². The van der Waals surface area contributed by atoms with Crippen LogP contribution in [0.2, 0.25) is 0 Å². The number of nitrogens with zero attached hydrogens (tertiary/aromatic N) is 1. The number of hydrogen-bond acceptors (Lipinski definition) is 2. The minimum absolute atomic E-state index is 0.435. The van der Waals surface area contributed by atoms with Gasteiger partial charge in [-0.15, -0.1) is 0 Å². The van der Waals surface area contributed by atoms with Crippen molar-refractivity contribution in [2.75, 3.05) is 26.2 Å². The van der Waals surface area contributed by atoms with Gasteiger partial charge in [-0.25, -0.2) is 0 Å². The summed E-state index contributed by atoms with van der Waals surface area (Å²) in [5.41, 5.74) is 6.17. The first-order valence-electron chi connectivity index (χ1n) is 5.12. The molecule has 0 saturated carbocycles. The summed E-state index contributed by atoms with van der Waals surface area (Å²) in [5, 5.41) is 0. The van der Waals surface area contributed by atoms with Crippen molar-refractivity contribution >= 4 is 0 Å². The lowest BCUT2D eigenvalue weighted by molar-refractivity contribution is 0.125. The Bertz CT molecular complexity index is 126. The third-order valence-corrected chi connectivity index (χ3v) is 3.10. The zero-order valence-corrected chi connectivity index (χ0v) is 8.47. The second kappa shape index (κ2) is 4.24. The number of likely N-dealkylation sites (tertiary alicyclic amines) is 1. The van der Waals surface area contributed by atoms with E-state index in [-0.39, 0.29) is 0 Å². The maximum atomic E-state index is 5.74. The molecule has 1 rings (SSSR count). The maximum Gasteiger partial charge on any atom is -0.00131 e. The predicted molar refractivity (Wildman–Crippen MR) is 53.1 cm³/mol. The van der Waals surface area contributed by atoms with Gasteiger partial charge >= 0.3 is 0 Å². The van der Waals surface area contributed by atoms with Crippen molar-refractivity contribution in [1.29, 1.82) is 0 Å². The Morgan fingerprint density at radius 3 is 2.33 bits per heavy atom. The fraction of sp³-hybridized carbons (Fsp3) is 1.00. The molecule has 1 aliphatic rings. The Hall–Kier alpha value is -0.0800. The van der Waals surface area contributed by atoms with Gasteiger partial charge in [0.1, 0.15) is 0 Å². The molecule has 0 unspecified atom stereocenters. The second-order valence-electron chi connectivity index (χ2n) is 4.36. The zero-order valence-electron chi connectivity index (χ0n) is 8.47. The van der Waals surface area contributed by atoms with Crippen LogP contribution in [0.15, 0.2) is 0 Å². The topological polar surface area (TPSA) is 29.3 Å². The third-order valence-electron chi connectivity index (χ3n) is 3.10. The highest BCUT2D eigenvalue weighted by molar-refractivity contribution is 4.82. The van der Waals surface area contributed by atoms with Gasteiger partial charge in [0, 0.05) is 0 Å². The molecular weight excluding hydrogens is 148 g/mol. The monoisotopic (exact) mass is 170 g/mol. The smallest absolute Gasteiger partial charge is 0.00131 e. The van der Waals surface area contributed by atoms with Crippen LogP contribution in [0.5, 0.6) is 0 Å². The number of hydrogen-bond donors (Lipinski definition) is 1. The second-order valence-corrected chi connectivity index (χ2v) is 4.36. The molecule has 1 aliphatic heterocycles. The van der Waals surface area contributed by atoms with E-state index in [1.807, 2.05) is 0 Å². The summed E-state index contributed by atoms with van der Waals surface area (Å²) in [6, 6.07) is 0. The minimum Gasteiger partial charge on any atom is -0.330 e. The molecule has 0 spiro atoms. The molecule has 2 nitrogen and oxygen atoms in total. The quantitative estimate of drug-likeness (QED) is 0.695. The molecular formula is C10H22N2. The van der Waals surface area contributed by atoms with Gasteiger partial charge in [-0.3, -0.25) is 0 Å². The summed E-state index contributed by atoms with van der Waals surface area (Å²) in [5.74, 6) is 0. The fourth-order valence-corrected chi connectivity index (χ4v) is 1.84. The molecule has 1 heterocycles. The van der Waals surface area contributed by atoms with Crippen LogP contribution in [-0.4, -0.2) is 31.1 Å². The average molecular weight is 170 g/mol. The molecule has 0 aromatic carbocycles. The lowest BCUT2D eigenvalue weighted by Crippen LogP contribution is -2.42. The Labute approximate surface area is 76.1 Å². The molecule has 0 aromatic rings. The van der Waals surface area contributed by atoms with Crippen LogP contribution in [0.25, 0.3) is 0 Å². The van der Waals surface area contributed by atoms with E-state index in [9.17, 15) is 0 Å². The number of piperidine rings is 1. The highest BCUT2D eigenvalue weighted by Gasteiger charge is 2.27. The van der Waals surface area contributed by atoms with Crippen LogP contribution < -0.4 is 5.73 Å². The van der Waals surface area contributed by atoms with E-state index in [1.54, 1.807) is 0 Å². The minimum atomic E-state index is 0.435. The van der Waals surface area contributed by atoms with Crippen LogP contribution >= 0.6 is 0 Å². The van der Waals surface area contributed by atoms with Gasteiger partial charge in [-0.05, 0) is 50.9 Å². The van der Waals surface area contributed by atoms with Gasteiger partial charge < -0.3 is 10.6 Å². The van der Waals surface area contributed by atoms with Crippen molar-refractivity contribution in [3.8, 4) is 0 Å². The average Bonchev–Trinajstić information content (AvgIpc) is 2.10. The van der Waals surface area contributed by atoms with Crippen LogP contribution in [0.3, 0.4) is 0 Å². The van der Waals surface area contributed by atoms with Crippen molar-refractivity contribution in [2.45, 2.75) is 33.1 Å². The number of nitrogens with two attached hydrogens (primary N) is 1. The van der Waals surface area contributed by atoms with E-state index < -0.39 is 0 Å². The van der Waals surface area contributed by atoms with Crippen molar-refractivity contribution in [3.05, 3.63) is 0 Å². The van der Waals surface area contributed by atoms with Crippen LogP contribution in [-0.2, 0) is 0 Å². The zero-order chi connectivity index (χ0) is 9.03. The van der Waals surface area contributed by atoms with Crippen molar-refractivity contribution in [3.63, 3.8) is 0 Å². The third kappa shape index (κ3) is 2.46. The first-order valence-corrected chi connectivity index (χ1v) is 5.12. The lowest BCUT2D eigenvalue weighted by Gasteiger charge is -2.38. The summed E-state index contributed by atoms with van der Waals surface area (Å²) in [6.07, 6.45) is 3.84. The van der Waals surface area contributed by atoms with Gasteiger partial charge in [0.05, 0.1) is 0 Å². The molecule has 2 N–H and O–H groups in total. The Kier molecular flexibility index (Phi) is 3.53. The summed E-state index contributed by atoms with van der Waals surface area (Å²) in [7, 11) is 0. The number of rotatable bonds is 3. The highest BCUT2D eigenvalue weighted by atomic mass is 15.1. The van der Waals surface area contributed by atoms with E-state index in [1.165, 1.54) is 38.9 Å². The predicted octanol–water partition coefficient (Wildman–Crippen LogP) is 1.46. The van der Waals surface area contributed by atoms with Crippen molar-refractivity contribution < 1.29 is 0 Å². The normalized spacial score (nSPS) is 24.2. The molecule has 12 heavy (non-hydrogen) atoms. The van der Waals surface area contributed by atoms with E-state index in [0.717, 1.165) is 6.54 Å². The van der Waals surface area contributed by atoms with Gasteiger partial charge in [0.15, 0.2) is 0 Å². The molecule has 0 aromatic heterocycles. The largest absolute Gasteiger partial charge is 0.330 e. The van der Waals surface area contributed by atoms with E-state index in [0.29, 0.717) is 5.41 Å². The van der Waals surface area contributed by atoms with E-state index >= 15 is 0 Å². The van der Waals surface area contributed by atoms with Crippen molar-refractivity contribution in [2.24, 2.45) is 11.1 Å². The van der Waals surface area contributed by atoms with Gasteiger partial charge in [0.2, 0.25) is 0 Å². The van der Waals surface area contributed by atoms with Crippen LogP contribution in [0.4, 0.5) is 0 Å². The van der Waals surface area contributed by atoms with Gasteiger partial charge in [-0.1, -0.05) is 13.8 Å². The molecule has 0 bridgehead atoms. The molecule has 1 fully saturated rings.